The number of amidine groups is 1. The Labute approximate surface area is 169 Å². The molecule has 0 bridgehead atoms. The molecule has 2 aliphatic carbocycles. The van der Waals surface area contributed by atoms with Crippen molar-refractivity contribution in [3.63, 3.8) is 0 Å². The van der Waals surface area contributed by atoms with Gasteiger partial charge in [0.2, 0.25) is 0 Å². The summed E-state index contributed by atoms with van der Waals surface area (Å²) in [6.45, 7) is 0. The first kappa shape index (κ1) is 18.1. The highest BCUT2D eigenvalue weighted by atomic mass is 16.5. The van der Waals surface area contributed by atoms with Gasteiger partial charge in [0.15, 0.2) is 5.57 Å². The van der Waals surface area contributed by atoms with Gasteiger partial charge in [0, 0.05) is 36.1 Å². The summed E-state index contributed by atoms with van der Waals surface area (Å²) >= 11 is 0. The molecule has 2 aromatic rings. The Bertz CT molecular complexity index is 1050. The average Bonchev–Trinajstić information content (AvgIpc) is 2.88. The van der Waals surface area contributed by atoms with Crippen LogP contribution in [0.1, 0.15) is 44.1 Å². The monoisotopic (exact) mass is 392 g/mol. The fourth-order valence-electron chi connectivity index (χ4n) is 4.31. The van der Waals surface area contributed by atoms with Crippen molar-refractivity contribution in [2.24, 2.45) is 5.73 Å². The van der Waals surface area contributed by atoms with Crippen LogP contribution < -0.4 is 15.9 Å². The molecule has 2 fully saturated rings. The maximum atomic E-state index is 12.2. The highest BCUT2D eigenvalue weighted by molar-refractivity contribution is 6.23. The second-order valence-electron chi connectivity index (χ2n) is 8.48. The largest absolute Gasteiger partial charge is 0.490 e. The molecule has 3 aliphatic rings. The molecule has 7 nitrogen and oxygen atoms in total. The van der Waals surface area contributed by atoms with E-state index in [0.717, 1.165) is 54.3 Å². The number of carbonyl (C=O) groups excluding carboxylic acids is 1. The van der Waals surface area contributed by atoms with Crippen LogP contribution in [-0.2, 0) is 4.79 Å². The molecule has 1 atom stereocenters. The van der Waals surface area contributed by atoms with Crippen molar-refractivity contribution in [2.75, 3.05) is 7.05 Å². The highest BCUT2D eigenvalue weighted by Crippen LogP contribution is 2.37. The third-order valence-electron chi connectivity index (χ3n) is 6.65. The van der Waals surface area contributed by atoms with Gasteiger partial charge in [-0.2, -0.15) is 4.59 Å². The van der Waals surface area contributed by atoms with E-state index in [1.165, 1.54) is 6.42 Å². The SMILES string of the molecule is C[N+]1(C2CCC2)NC(c2cnc3cc(OC4CCC4)ccc3c2)=C(C(N)=O)C1=N. The molecule has 1 unspecified atom stereocenters. The Hall–Kier alpha value is -2.93. The van der Waals surface area contributed by atoms with Crippen LogP contribution in [0, 0.1) is 5.41 Å². The summed E-state index contributed by atoms with van der Waals surface area (Å²) < 4.78 is 6.19. The van der Waals surface area contributed by atoms with Crippen LogP contribution >= 0.6 is 0 Å². The van der Waals surface area contributed by atoms with Crippen LogP contribution in [0.25, 0.3) is 16.6 Å². The average molecular weight is 392 g/mol. The molecule has 2 saturated carbocycles. The number of rotatable bonds is 5. The Balaban J connectivity index is 1.50. The number of likely N-dealkylation sites (N-methyl/N-ethyl adjacent to an activating group) is 1. The minimum atomic E-state index is -0.581. The fraction of sp³-hybridized carbons (Fsp3) is 0.409. The lowest BCUT2D eigenvalue weighted by Gasteiger charge is -2.41. The number of fused-ring (bicyclic) bond motifs is 1. The van der Waals surface area contributed by atoms with Gasteiger partial charge in [-0.15, -0.1) is 0 Å². The molecule has 0 spiro atoms. The molecule has 2 heterocycles. The first-order valence-electron chi connectivity index (χ1n) is 10.3. The number of amides is 1. The van der Waals surface area contributed by atoms with E-state index in [1.807, 2.05) is 31.3 Å². The van der Waals surface area contributed by atoms with E-state index in [9.17, 15) is 4.79 Å². The zero-order valence-corrected chi connectivity index (χ0v) is 16.6. The summed E-state index contributed by atoms with van der Waals surface area (Å²) in [6, 6.07) is 8.19. The molecule has 0 radical (unpaired) electrons. The van der Waals surface area contributed by atoms with Crippen LogP contribution in [-0.4, -0.2) is 40.5 Å². The molecule has 0 saturated heterocycles. The minimum absolute atomic E-state index is 0.222. The Morgan fingerprint density at radius 3 is 2.62 bits per heavy atom. The van der Waals surface area contributed by atoms with Gasteiger partial charge in [-0.3, -0.25) is 9.78 Å². The fourth-order valence-corrected chi connectivity index (χ4v) is 4.31. The lowest BCUT2D eigenvalue weighted by molar-refractivity contribution is -0.887. The quantitative estimate of drug-likeness (QED) is 0.681. The molecule has 5 rings (SSSR count). The van der Waals surface area contributed by atoms with E-state index in [0.29, 0.717) is 11.8 Å². The molecular formula is C22H26N5O2+. The maximum absolute atomic E-state index is 12.2. The van der Waals surface area contributed by atoms with E-state index in [1.54, 1.807) is 6.20 Å². The molecular weight excluding hydrogens is 366 g/mol. The lowest BCUT2D eigenvalue weighted by Crippen LogP contribution is -2.62. The van der Waals surface area contributed by atoms with Crippen LogP contribution in [0.2, 0.25) is 0 Å². The number of quaternary nitrogens is 1. The highest BCUT2D eigenvalue weighted by Gasteiger charge is 2.50. The number of ether oxygens (including phenoxy) is 1. The first-order valence-corrected chi connectivity index (χ1v) is 10.3. The number of nitrogens with two attached hydrogens (primary N) is 1. The van der Waals surface area contributed by atoms with Gasteiger partial charge in [-0.25, -0.2) is 10.8 Å². The number of hydrogen-bond acceptors (Lipinski definition) is 5. The summed E-state index contributed by atoms with van der Waals surface area (Å²) in [5.74, 6) is 0.499. The number of hydrogen-bond donors (Lipinski definition) is 3. The second-order valence-corrected chi connectivity index (χ2v) is 8.48. The zero-order chi connectivity index (χ0) is 20.2. The standard InChI is InChI=1S/C22H25N5O2/c1-27(15-4-2-5-15)21(23)19(22(24)28)20(26-27)14-10-13-8-9-17(11-18(13)25-12-14)29-16-6-3-7-16/h8-12,15-16H,2-7H2,1H3,(H3-,23,24,26,28)/p+1. The van der Waals surface area contributed by atoms with Crippen molar-refractivity contribution in [3.8, 4) is 5.75 Å². The first-order chi connectivity index (χ1) is 14.0. The van der Waals surface area contributed by atoms with E-state index in [4.69, 9.17) is 15.9 Å². The Morgan fingerprint density at radius 1 is 1.24 bits per heavy atom. The smallest absolute Gasteiger partial charge is 0.260 e. The summed E-state index contributed by atoms with van der Waals surface area (Å²) in [5.41, 5.74) is 11.5. The van der Waals surface area contributed by atoms with Crippen molar-refractivity contribution < 1.29 is 14.1 Å². The summed E-state index contributed by atoms with van der Waals surface area (Å²) in [7, 11) is 1.95. The number of aromatic nitrogens is 1. The third-order valence-corrected chi connectivity index (χ3v) is 6.65. The second kappa shape index (κ2) is 6.56. The lowest BCUT2D eigenvalue weighted by atomic mass is 9.90. The topological polar surface area (TPSA) is 101 Å². The van der Waals surface area contributed by atoms with Crippen LogP contribution in [0.3, 0.4) is 0 Å². The molecule has 1 aromatic carbocycles. The normalized spacial score (nSPS) is 24.9. The predicted octanol–water partition coefficient (Wildman–Crippen LogP) is 2.86. The Morgan fingerprint density at radius 2 is 2.00 bits per heavy atom. The van der Waals surface area contributed by atoms with Crippen molar-refractivity contribution in [2.45, 2.75) is 50.7 Å². The molecule has 4 N–H and O–H groups in total. The van der Waals surface area contributed by atoms with Gasteiger partial charge in [0.1, 0.15) is 17.5 Å². The molecule has 1 amide bonds. The molecule has 7 heteroatoms. The van der Waals surface area contributed by atoms with Gasteiger partial charge in [-0.1, -0.05) is 0 Å². The summed E-state index contributed by atoms with van der Waals surface area (Å²) in [5, 5.41) is 9.59. The van der Waals surface area contributed by atoms with Crippen LogP contribution in [0.5, 0.6) is 5.75 Å². The van der Waals surface area contributed by atoms with Crippen molar-refractivity contribution >= 4 is 28.3 Å². The van der Waals surface area contributed by atoms with Gasteiger partial charge >= 0.3 is 0 Å². The van der Waals surface area contributed by atoms with E-state index < -0.39 is 5.91 Å². The molecule has 1 aromatic heterocycles. The zero-order valence-electron chi connectivity index (χ0n) is 16.6. The number of carbonyl (C=O) groups is 1. The molecule has 29 heavy (non-hydrogen) atoms. The summed E-state index contributed by atoms with van der Waals surface area (Å²) in [6.07, 6.45) is 8.74. The van der Waals surface area contributed by atoms with E-state index >= 15 is 0 Å². The number of nitrogens with zero attached hydrogens (tertiary/aromatic N) is 2. The number of nitrogens with one attached hydrogen (secondary N) is 2. The van der Waals surface area contributed by atoms with E-state index in [2.05, 4.69) is 10.4 Å². The number of benzene rings is 1. The predicted molar refractivity (Wildman–Crippen MR) is 111 cm³/mol. The van der Waals surface area contributed by atoms with Crippen molar-refractivity contribution in [3.05, 3.63) is 41.6 Å². The van der Waals surface area contributed by atoms with Crippen LogP contribution in [0.15, 0.2) is 36.0 Å². The van der Waals surface area contributed by atoms with Crippen molar-refractivity contribution in [1.29, 1.82) is 5.41 Å². The number of primary amides is 1. The maximum Gasteiger partial charge on any atom is 0.260 e. The van der Waals surface area contributed by atoms with Gasteiger partial charge in [0.25, 0.3) is 11.7 Å². The van der Waals surface area contributed by atoms with Crippen LogP contribution in [0.4, 0.5) is 0 Å². The summed E-state index contributed by atoms with van der Waals surface area (Å²) in [4.78, 5) is 16.8. The molecule has 150 valence electrons. The number of pyridine rings is 1. The van der Waals surface area contributed by atoms with Gasteiger partial charge < -0.3 is 10.5 Å². The molecule has 1 aliphatic heterocycles. The van der Waals surface area contributed by atoms with Crippen molar-refractivity contribution in [1.82, 2.24) is 10.4 Å². The van der Waals surface area contributed by atoms with E-state index in [-0.39, 0.29) is 22.0 Å². The Kier molecular flexibility index (Phi) is 4.10. The minimum Gasteiger partial charge on any atom is -0.490 e. The van der Waals surface area contributed by atoms with Gasteiger partial charge in [-0.05, 0) is 43.9 Å². The van der Waals surface area contributed by atoms with Gasteiger partial charge in [0.05, 0.1) is 18.7 Å². The third kappa shape index (κ3) is 2.88.